The molecule has 0 radical (unpaired) electrons. The molecule has 1 aromatic heterocycles. The molecule has 1 aromatic rings. The maximum atomic E-state index is 11.5. The highest BCUT2D eigenvalue weighted by Crippen LogP contribution is 2.12. The van der Waals surface area contributed by atoms with Gasteiger partial charge >= 0.3 is 0 Å². The number of hydrogen-bond acceptors (Lipinski definition) is 5. The van der Waals surface area contributed by atoms with Crippen molar-refractivity contribution in [2.24, 2.45) is 11.7 Å². The molecule has 0 bridgehead atoms. The summed E-state index contributed by atoms with van der Waals surface area (Å²) in [5, 5.41) is 6.91. The number of amides is 1. The highest BCUT2D eigenvalue weighted by Gasteiger charge is 2.19. The van der Waals surface area contributed by atoms with Gasteiger partial charge in [-0.2, -0.15) is 0 Å². The van der Waals surface area contributed by atoms with Crippen LogP contribution in [0.4, 0.5) is 5.00 Å². The van der Waals surface area contributed by atoms with Crippen molar-refractivity contribution >= 4 is 22.4 Å². The first kappa shape index (κ1) is 11.1. The van der Waals surface area contributed by atoms with Crippen molar-refractivity contribution in [3.8, 4) is 0 Å². The second-order valence-electron chi connectivity index (χ2n) is 3.18. The molecular weight excluding hydrogens is 200 g/mol. The van der Waals surface area contributed by atoms with E-state index in [1.54, 1.807) is 0 Å². The monoisotopic (exact) mass is 214 g/mol. The largest absolute Gasteiger partial charge is 0.320 e. The van der Waals surface area contributed by atoms with Gasteiger partial charge in [0.2, 0.25) is 5.91 Å². The van der Waals surface area contributed by atoms with Gasteiger partial charge in [-0.3, -0.25) is 4.79 Å². The van der Waals surface area contributed by atoms with Gasteiger partial charge in [0.05, 0.1) is 12.2 Å². The first-order valence-corrected chi connectivity index (χ1v) is 5.26. The average Bonchev–Trinajstić information content (AvgIpc) is 2.68. The predicted molar refractivity (Wildman–Crippen MR) is 56.0 cm³/mol. The van der Waals surface area contributed by atoms with Gasteiger partial charge in [-0.05, 0) is 5.92 Å². The maximum Gasteiger partial charge on any atom is 0.242 e. The summed E-state index contributed by atoms with van der Waals surface area (Å²) in [6.45, 7) is 3.96. The number of nitrogens with one attached hydrogen (secondary N) is 1. The van der Waals surface area contributed by atoms with Gasteiger partial charge in [0.25, 0.3) is 0 Å². The standard InChI is InChI=1S/C8H14N4OS/c1-3-5(2)7(9)8(13)11-6-4-10-12-14-6/h4-5,7H,3,9H2,1-2H3,(H,11,13). The molecule has 5 nitrogen and oxygen atoms in total. The predicted octanol–water partition coefficient (Wildman–Crippen LogP) is 0.850. The average molecular weight is 214 g/mol. The zero-order chi connectivity index (χ0) is 10.6. The van der Waals surface area contributed by atoms with Crippen LogP contribution in [0.2, 0.25) is 0 Å². The maximum absolute atomic E-state index is 11.5. The van der Waals surface area contributed by atoms with E-state index in [1.165, 1.54) is 6.20 Å². The number of hydrogen-bond donors (Lipinski definition) is 2. The fourth-order valence-electron chi connectivity index (χ4n) is 0.939. The molecule has 1 rings (SSSR count). The first-order valence-electron chi connectivity index (χ1n) is 4.49. The molecule has 0 aliphatic rings. The molecule has 3 N–H and O–H groups in total. The first-order chi connectivity index (χ1) is 6.65. The van der Waals surface area contributed by atoms with Gasteiger partial charge in [0.1, 0.15) is 5.00 Å². The fourth-order valence-corrected chi connectivity index (χ4v) is 1.36. The van der Waals surface area contributed by atoms with Crippen molar-refractivity contribution in [3.63, 3.8) is 0 Å². The quantitative estimate of drug-likeness (QED) is 0.778. The van der Waals surface area contributed by atoms with Gasteiger partial charge in [-0.1, -0.05) is 24.8 Å². The van der Waals surface area contributed by atoms with Crippen LogP contribution in [-0.4, -0.2) is 21.5 Å². The van der Waals surface area contributed by atoms with Crippen LogP contribution in [0.3, 0.4) is 0 Å². The Hall–Kier alpha value is -1.01. The summed E-state index contributed by atoms with van der Waals surface area (Å²) in [5.41, 5.74) is 5.74. The number of carbonyl (C=O) groups is 1. The van der Waals surface area contributed by atoms with Crippen molar-refractivity contribution in [2.75, 3.05) is 5.32 Å². The Bertz CT molecular complexity index is 288. The van der Waals surface area contributed by atoms with E-state index in [9.17, 15) is 4.79 Å². The van der Waals surface area contributed by atoms with Gasteiger partial charge < -0.3 is 11.1 Å². The second-order valence-corrected chi connectivity index (χ2v) is 3.97. The normalized spacial score (nSPS) is 14.8. The summed E-state index contributed by atoms with van der Waals surface area (Å²) in [4.78, 5) is 11.5. The van der Waals surface area contributed by atoms with Crippen LogP contribution in [0.5, 0.6) is 0 Å². The zero-order valence-electron chi connectivity index (χ0n) is 8.23. The summed E-state index contributed by atoms with van der Waals surface area (Å²) < 4.78 is 3.64. The Kier molecular flexibility index (Phi) is 3.97. The molecule has 1 amide bonds. The van der Waals surface area contributed by atoms with Crippen LogP contribution < -0.4 is 11.1 Å². The molecule has 14 heavy (non-hydrogen) atoms. The minimum atomic E-state index is -0.470. The number of nitrogens with zero attached hydrogens (tertiary/aromatic N) is 2. The molecule has 0 saturated carbocycles. The molecule has 0 aliphatic heterocycles. The van der Waals surface area contributed by atoms with Crippen LogP contribution in [0, 0.1) is 5.92 Å². The van der Waals surface area contributed by atoms with E-state index in [0.29, 0.717) is 5.00 Å². The Morgan fingerprint density at radius 3 is 3.00 bits per heavy atom. The van der Waals surface area contributed by atoms with Crippen LogP contribution in [0.15, 0.2) is 6.20 Å². The van der Waals surface area contributed by atoms with Gasteiger partial charge in [-0.25, -0.2) is 0 Å². The van der Waals surface area contributed by atoms with Crippen LogP contribution in [0.25, 0.3) is 0 Å². The molecule has 78 valence electrons. The third-order valence-electron chi connectivity index (χ3n) is 2.17. The smallest absolute Gasteiger partial charge is 0.242 e. The summed E-state index contributed by atoms with van der Waals surface area (Å²) >= 11 is 1.14. The van der Waals surface area contributed by atoms with Crippen molar-refractivity contribution < 1.29 is 4.79 Å². The van der Waals surface area contributed by atoms with Crippen molar-refractivity contribution in [3.05, 3.63) is 6.20 Å². The van der Waals surface area contributed by atoms with Crippen LogP contribution >= 0.6 is 11.5 Å². The molecule has 0 fully saturated rings. The van der Waals surface area contributed by atoms with Gasteiger partial charge in [0, 0.05) is 11.5 Å². The summed E-state index contributed by atoms with van der Waals surface area (Å²) in [7, 11) is 0. The number of nitrogens with two attached hydrogens (primary N) is 1. The Labute approximate surface area is 86.9 Å². The van der Waals surface area contributed by atoms with E-state index in [1.807, 2.05) is 13.8 Å². The molecule has 2 atom stereocenters. The van der Waals surface area contributed by atoms with E-state index < -0.39 is 6.04 Å². The second kappa shape index (κ2) is 5.02. The third-order valence-corrected chi connectivity index (χ3v) is 2.75. The van der Waals surface area contributed by atoms with Gasteiger partial charge in [0.15, 0.2) is 0 Å². The molecule has 2 unspecified atom stereocenters. The third kappa shape index (κ3) is 2.74. The molecule has 6 heteroatoms. The lowest BCUT2D eigenvalue weighted by molar-refractivity contribution is -0.118. The molecule has 1 heterocycles. The molecule has 0 aliphatic carbocycles. The molecule has 0 spiro atoms. The lowest BCUT2D eigenvalue weighted by Crippen LogP contribution is -2.40. The van der Waals surface area contributed by atoms with E-state index in [-0.39, 0.29) is 11.8 Å². The summed E-state index contributed by atoms with van der Waals surface area (Å²) in [6, 6.07) is -0.470. The number of aromatic nitrogens is 2. The summed E-state index contributed by atoms with van der Waals surface area (Å²) in [5.74, 6) is 0.00119. The zero-order valence-corrected chi connectivity index (χ0v) is 9.04. The van der Waals surface area contributed by atoms with Gasteiger partial charge in [-0.15, -0.1) is 5.10 Å². The molecular formula is C8H14N4OS. The van der Waals surface area contributed by atoms with Crippen LogP contribution in [0.1, 0.15) is 20.3 Å². The SMILES string of the molecule is CCC(C)C(N)C(=O)Nc1cnns1. The fraction of sp³-hybridized carbons (Fsp3) is 0.625. The lowest BCUT2D eigenvalue weighted by Gasteiger charge is -2.16. The topological polar surface area (TPSA) is 80.9 Å². The van der Waals surface area contributed by atoms with Crippen molar-refractivity contribution in [1.29, 1.82) is 0 Å². The Balaban J connectivity index is 2.50. The highest BCUT2D eigenvalue weighted by atomic mass is 32.1. The van der Waals surface area contributed by atoms with E-state index in [0.717, 1.165) is 18.0 Å². The van der Waals surface area contributed by atoms with Crippen molar-refractivity contribution in [2.45, 2.75) is 26.3 Å². The Morgan fingerprint density at radius 2 is 2.50 bits per heavy atom. The van der Waals surface area contributed by atoms with Crippen molar-refractivity contribution in [1.82, 2.24) is 9.59 Å². The molecule has 0 saturated heterocycles. The van der Waals surface area contributed by atoms with Crippen LogP contribution in [-0.2, 0) is 4.79 Å². The Morgan fingerprint density at radius 1 is 1.79 bits per heavy atom. The molecule has 0 aromatic carbocycles. The number of anilines is 1. The summed E-state index contributed by atoms with van der Waals surface area (Å²) in [6.07, 6.45) is 2.39. The van der Waals surface area contributed by atoms with E-state index in [4.69, 9.17) is 5.73 Å². The minimum absolute atomic E-state index is 0.176. The van der Waals surface area contributed by atoms with E-state index in [2.05, 4.69) is 14.9 Å². The lowest BCUT2D eigenvalue weighted by atomic mass is 10.00. The minimum Gasteiger partial charge on any atom is -0.320 e. The van der Waals surface area contributed by atoms with E-state index >= 15 is 0 Å². The number of carbonyl (C=O) groups excluding carboxylic acids is 1. The number of rotatable bonds is 4. The highest BCUT2D eigenvalue weighted by molar-refractivity contribution is 7.10.